The monoisotopic (exact) mass is 422 g/mol. The molecule has 1 amide bonds. The van der Waals surface area contributed by atoms with Gasteiger partial charge in [-0.2, -0.15) is 0 Å². The first-order valence-corrected chi connectivity index (χ1v) is 9.39. The van der Waals surface area contributed by atoms with Crippen LogP contribution in [0.2, 0.25) is 5.02 Å². The third kappa shape index (κ3) is 4.04. The number of ether oxygens (including phenoxy) is 1. The van der Waals surface area contributed by atoms with Crippen LogP contribution in [0.25, 0.3) is 22.8 Å². The molecule has 0 saturated heterocycles. The molecule has 0 fully saturated rings. The number of anilines is 1. The molecule has 0 radical (unpaired) electrons. The van der Waals surface area contributed by atoms with Gasteiger partial charge in [0.2, 0.25) is 5.89 Å². The number of hydrogen-bond donors (Lipinski definition) is 1. The maximum Gasteiger partial charge on any atom is 0.256 e. The average molecular weight is 423 g/mol. The first-order chi connectivity index (χ1) is 14.5. The molecule has 1 N–H and O–H groups in total. The number of halogens is 2. The highest BCUT2D eigenvalue weighted by molar-refractivity contribution is 6.31. The molecule has 0 unspecified atom stereocenters. The van der Waals surface area contributed by atoms with Gasteiger partial charge in [-0.25, -0.2) is 9.37 Å². The Labute approximate surface area is 177 Å². The molecule has 0 aliphatic carbocycles. The van der Waals surface area contributed by atoms with Crippen LogP contribution < -0.4 is 10.1 Å². The van der Waals surface area contributed by atoms with E-state index < -0.39 is 11.7 Å². The van der Waals surface area contributed by atoms with E-state index >= 15 is 0 Å². The highest BCUT2D eigenvalue weighted by atomic mass is 35.5. The molecular weight excluding hydrogens is 407 g/mol. The Morgan fingerprint density at radius 2 is 1.93 bits per heavy atom. The fourth-order valence-corrected chi connectivity index (χ4v) is 3.13. The molecule has 3 aromatic carbocycles. The predicted molar refractivity (Wildman–Crippen MR) is 113 cm³/mol. The van der Waals surface area contributed by atoms with Crippen LogP contribution in [-0.4, -0.2) is 18.0 Å². The minimum Gasteiger partial charge on any atom is -0.497 e. The second-order valence-corrected chi connectivity index (χ2v) is 6.80. The summed E-state index contributed by atoms with van der Waals surface area (Å²) in [5.74, 6) is 0.595. The van der Waals surface area contributed by atoms with Gasteiger partial charge in [0.15, 0.2) is 5.76 Å². The van der Waals surface area contributed by atoms with Crippen molar-refractivity contribution in [3.63, 3.8) is 0 Å². The Morgan fingerprint density at radius 1 is 1.10 bits per heavy atom. The molecule has 30 heavy (non-hydrogen) atoms. The molecule has 0 saturated carbocycles. The van der Waals surface area contributed by atoms with Gasteiger partial charge in [-0.05, 0) is 42.5 Å². The maximum atomic E-state index is 13.4. The molecule has 1 heterocycles. The number of rotatable bonds is 5. The van der Waals surface area contributed by atoms with Crippen LogP contribution in [0.3, 0.4) is 0 Å². The molecule has 4 rings (SSSR count). The summed E-state index contributed by atoms with van der Waals surface area (Å²) in [6.07, 6.45) is 1.60. The van der Waals surface area contributed by atoms with E-state index in [9.17, 15) is 9.18 Å². The summed E-state index contributed by atoms with van der Waals surface area (Å²) in [6, 6.07) is 18.3. The molecule has 0 atom stereocenters. The van der Waals surface area contributed by atoms with E-state index in [1.165, 1.54) is 18.2 Å². The Kier molecular flexibility index (Phi) is 5.50. The molecule has 4 aromatic rings. The second kappa shape index (κ2) is 8.39. The van der Waals surface area contributed by atoms with Gasteiger partial charge in [-0.1, -0.05) is 35.9 Å². The largest absolute Gasteiger partial charge is 0.497 e. The van der Waals surface area contributed by atoms with Crippen molar-refractivity contribution in [1.82, 2.24) is 4.98 Å². The number of aromatic nitrogens is 1. The van der Waals surface area contributed by atoms with Crippen molar-refractivity contribution in [1.29, 1.82) is 0 Å². The summed E-state index contributed by atoms with van der Waals surface area (Å²) in [5, 5.41) is 2.64. The number of nitrogens with zero attached hydrogens (tertiary/aromatic N) is 1. The van der Waals surface area contributed by atoms with Crippen molar-refractivity contribution in [2.75, 3.05) is 12.4 Å². The average Bonchev–Trinajstić information content (AvgIpc) is 3.26. The summed E-state index contributed by atoms with van der Waals surface area (Å²) in [7, 11) is 1.59. The number of hydrogen-bond acceptors (Lipinski definition) is 4. The molecule has 150 valence electrons. The van der Waals surface area contributed by atoms with Crippen LogP contribution in [0.1, 0.15) is 10.4 Å². The zero-order chi connectivity index (χ0) is 21.1. The second-order valence-electron chi connectivity index (χ2n) is 6.39. The Balaban J connectivity index is 1.64. The smallest absolute Gasteiger partial charge is 0.256 e. The molecular formula is C23H16ClFN2O3. The van der Waals surface area contributed by atoms with E-state index in [0.717, 1.165) is 5.56 Å². The maximum absolute atomic E-state index is 13.4. The van der Waals surface area contributed by atoms with Crippen LogP contribution >= 0.6 is 11.6 Å². The first kappa shape index (κ1) is 19.7. The molecule has 0 aliphatic heterocycles. The zero-order valence-electron chi connectivity index (χ0n) is 15.9. The minimum absolute atomic E-state index is 0.0725. The van der Waals surface area contributed by atoms with Crippen LogP contribution in [-0.2, 0) is 0 Å². The molecule has 7 heteroatoms. The van der Waals surface area contributed by atoms with E-state index in [0.29, 0.717) is 34.2 Å². The summed E-state index contributed by atoms with van der Waals surface area (Å²) >= 11 is 5.79. The van der Waals surface area contributed by atoms with E-state index in [-0.39, 0.29) is 5.02 Å². The van der Waals surface area contributed by atoms with Gasteiger partial charge in [0.05, 0.1) is 23.9 Å². The quantitative estimate of drug-likeness (QED) is 0.424. The van der Waals surface area contributed by atoms with Gasteiger partial charge < -0.3 is 14.5 Å². The number of carbonyl (C=O) groups is 1. The fraction of sp³-hybridized carbons (Fsp3) is 0.0435. The number of oxazole rings is 1. The fourth-order valence-electron chi connectivity index (χ4n) is 2.95. The van der Waals surface area contributed by atoms with Gasteiger partial charge in [-0.3, -0.25) is 4.79 Å². The third-order valence-corrected chi connectivity index (χ3v) is 4.73. The van der Waals surface area contributed by atoms with E-state index in [1.807, 2.05) is 24.3 Å². The first-order valence-electron chi connectivity index (χ1n) is 9.01. The Bertz CT molecular complexity index is 1220. The van der Waals surface area contributed by atoms with Crippen LogP contribution in [0, 0.1) is 5.82 Å². The Morgan fingerprint density at radius 3 is 2.73 bits per heavy atom. The number of carbonyl (C=O) groups excluding carboxylic acids is 1. The Hall–Kier alpha value is -3.64. The van der Waals surface area contributed by atoms with Crippen LogP contribution in [0.4, 0.5) is 10.1 Å². The SMILES string of the molecule is COc1cccc(-c2cnc(-c3ccccc3C(=O)Nc3ccc(F)c(Cl)c3)o2)c1. The molecule has 1 aromatic heterocycles. The van der Waals surface area contributed by atoms with E-state index in [1.54, 1.807) is 37.6 Å². The molecule has 0 aliphatic rings. The van der Waals surface area contributed by atoms with Crippen molar-refractivity contribution in [2.24, 2.45) is 0 Å². The van der Waals surface area contributed by atoms with Crippen molar-refractivity contribution >= 4 is 23.2 Å². The lowest BCUT2D eigenvalue weighted by molar-refractivity contribution is 0.102. The van der Waals surface area contributed by atoms with Gasteiger partial charge in [-0.15, -0.1) is 0 Å². The number of nitrogens with one attached hydrogen (secondary N) is 1. The van der Waals surface area contributed by atoms with E-state index in [2.05, 4.69) is 10.3 Å². The summed E-state index contributed by atoms with van der Waals surface area (Å²) in [5.41, 5.74) is 2.07. The lowest BCUT2D eigenvalue weighted by Crippen LogP contribution is -2.13. The van der Waals surface area contributed by atoms with E-state index in [4.69, 9.17) is 20.8 Å². The lowest BCUT2D eigenvalue weighted by Gasteiger charge is -2.09. The minimum atomic E-state index is -0.556. The van der Waals surface area contributed by atoms with Gasteiger partial charge in [0.25, 0.3) is 5.91 Å². The number of benzene rings is 3. The summed E-state index contributed by atoms with van der Waals surface area (Å²) in [6.45, 7) is 0. The normalized spacial score (nSPS) is 10.6. The van der Waals surface area contributed by atoms with Crippen LogP contribution in [0.15, 0.2) is 77.3 Å². The third-order valence-electron chi connectivity index (χ3n) is 4.44. The highest BCUT2D eigenvalue weighted by Gasteiger charge is 2.17. The van der Waals surface area contributed by atoms with Crippen molar-refractivity contribution in [3.05, 3.63) is 89.3 Å². The van der Waals surface area contributed by atoms with Gasteiger partial charge in [0.1, 0.15) is 11.6 Å². The topological polar surface area (TPSA) is 64.4 Å². The number of methoxy groups -OCH3 is 1. The van der Waals surface area contributed by atoms with Crippen molar-refractivity contribution in [2.45, 2.75) is 0 Å². The summed E-state index contributed by atoms with van der Waals surface area (Å²) in [4.78, 5) is 17.2. The van der Waals surface area contributed by atoms with Crippen molar-refractivity contribution < 1.29 is 18.3 Å². The van der Waals surface area contributed by atoms with Gasteiger partial charge in [0, 0.05) is 16.8 Å². The zero-order valence-corrected chi connectivity index (χ0v) is 16.6. The molecule has 0 bridgehead atoms. The van der Waals surface area contributed by atoms with Gasteiger partial charge >= 0.3 is 0 Å². The lowest BCUT2D eigenvalue weighted by atomic mass is 10.1. The van der Waals surface area contributed by atoms with Crippen LogP contribution in [0.5, 0.6) is 5.75 Å². The molecule has 5 nitrogen and oxygen atoms in total. The number of amides is 1. The predicted octanol–water partition coefficient (Wildman–Crippen LogP) is 6.06. The summed E-state index contributed by atoms with van der Waals surface area (Å²) < 4.78 is 24.5. The standard InChI is InChI=1S/C23H16ClFN2O3/c1-29-16-6-4-5-14(11-16)21-13-26-23(30-21)18-8-3-2-7-17(18)22(28)27-15-9-10-20(25)19(24)12-15/h2-13H,1H3,(H,27,28). The van der Waals surface area contributed by atoms with Crippen molar-refractivity contribution in [3.8, 4) is 28.5 Å². The highest BCUT2D eigenvalue weighted by Crippen LogP contribution is 2.30. The molecule has 0 spiro atoms.